The van der Waals surface area contributed by atoms with Gasteiger partial charge in [-0.05, 0) is 37.1 Å². The van der Waals surface area contributed by atoms with Crippen molar-refractivity contribution >= 4 is 39.0 Å². The molecule has 3 rings (SSSR count). The molecule has 1 aliphatic heterocycles. The van der Waals surface area contributed by atoms with Gasteiger partial charge in [0.05, 0.1) is 11.5 Å². The van der Waals surface area contributed by atoms with Crippen molar-refractivity contribution in [2.75, 3.05) is 16.8 Å². The van der Waals surface area contributed by atoms with Crippen LogP contribution in [0.4, 0.5) is 11.6 Å². The predicted molar refractivity (Wildman–Crippen MR) is 96.0 cm³/mol. The molecule has 1 aromatic carbocycles. The Kier molecular flexibility index (Phi) is 4.91. The van der Waals surface area contributed by atoms with Crippen LogP contribution in [-0.4, -0.2) is 41.8 Å². The molecular formula is C16H17ClN4O3S. The van der Waals surface area contributed by atoms with Crippen LogP contribution in [0.5, 0.6) is 0 Å². The SMILES string of the molecule is Cc1c(Cl)cccc1Nc1nccc(C(=O)NC2CCS(=O)(=O)C2)n1. The number of aromatic nitrogens is 2. The highest BCUT2D eigenvalue weighted by Gasteiger charge is 2.29. The molecule has 25 heavy (non-hydrogen) atoms. The normalized spacial score (nSPS) is 18.7. The van der Waals surface area contributed by atoms with Crippen molar-refractivity contribution in [2.45, 2.75) is 19.4 Å². The van der Waals surface area contributed by atoms with E-state index in [9.17, 15) is 13.2 Å². The molecule has 1 aliphatic rings. The van der Waals surface area contributed by atoms with E-state index in [1.54, 1.807) is 12.1 Å². The number of benzene rings is 1. The van der Waals surface area contributed by atoms with Crippen LogP contribution in [0.3, 0.4) is 0 Å². The van der Waals surface area contributed by atoms with E-state index < -0.39 is 15.7 Å². The topological polar surface area (TPSA) is 101 Å². The van der Waals surface area contributed by atoms with E-state index in [0.717, 1.165) is 11.3 Å². The lowest BCUT2D eigenvalue weighted by molar-refractivity contribution is 0.0936. The molecule has 0 saturated carbocycles. The molecular weight excluding hydrogens is 364 g/mol. The highest BCUT2D eigenvalue weighted by Crippen LogP contribution is 2.24. The van der Waals surface area contributed by atoms with Crippen molar-refractivity contribution in [3.63, 3.8) is 0 Å². The fourth-order valence-corrected chi connectivity index (χ4v) is 4.42. The second-order valence-corrected chi connectivity index (χ2v) is 8.51. The first-order chi connectivity index (χ1) is 11.8. The van der Waals surface area contributed by atoms with Gasteiger partial charge in [-0.1, -0.05) is 17.7 Å². The zero-order valence-corrected chi connectivity index (χ0v) is 15.1. The molecule has 7 nitrogen and oxygen atoms in total. The molecule has 0 radical (unpaired) electrons. The Morgan fingerprint density at radius 3 is 2.84 bits per heavy atom. The second-order valence-electron chi connectivity index (χ2n) is 5.88. The predicted octanol–water partition coefficient (Wildman–Crippen LogP) is 2.10. The van der Waals surface area contributed by atoms with Gasteiger partial charge < -0.3 is 10.6 Å². The Balaban J connectivity index is 1.73. The average molecular weight is 381 g/mol. The standard InChI is InChI=1S/C16H17ClN4O3S/c1-10-12(17)3-2-4-13(10)20-16-18-7-5-14(21-16)15(22)19-11-6-8-25(23,24)9-11/h2-5,7,11H,6,8-9H2,1H3,(H,19,22)(H,18,20,21). The van der Waals surface area contributed by atoms with Gasteiger partial charge in [-0.3, -0.25) is 4.79 Å². The summed E-state index contributed by atoms with van der Waals surface area (Å²) in [6.45, 7) is 1.86. The molecule has 9 heteroatoms. The summed E-state index contributed by atoms with van der Waals surface area (Å²) in [4.78, 5) is 20.6. The molecule has 0 aliphatic carbocycles. The van der Waals surface area contributed by atoms with Crippen LogP contribution < -0.4 is 10.6 Å². The first kappa shape index (κ1) is 17.6. The van der Waals surface area contributed by atoms with Gasteiger partial charge in [0.1, 0.15) is 5.69 Å². The molecule has 1 unspecified atom stereocenters. The lowest BCUT2D eigenvalue weighted by atomic mass is 10.2. The minimum Gasteiger partial charge on any atom is -0.347 e. The maximum Gasteiger partial charge on any atom is 0.270 e. The van der Waals surface area contributed by atoms with Gasteiger partial charge in [0.15, 0.2) is 9.84 Å². The first-order valence-corrected chi connectivity index (χ1v) is 9.90. The minimum atomic E-state index is -3.05. The number of halogens is 1. The van der Waals surface area contributed by atoms with E-state index in [2.05, 4.69) is 20.6 Å². The van der Waals surface area contributed by atoms with E-state index >= 15 is 0 Å². The first-order valence-electron chi connectivity index (χ1n) is 7.70. The molecule has 0 spiro atoms. The molecule has 1 fully saturated rings. The fourth-order valence-electron chi connectivity index (χ4n) is 2.58. The lowest BCUT2D eigenvalue weighted by Gasteiger charge is -2.12. The number of amides is 1. The zero-order chi connectivity index (χ0) is 18.0. The van der Waals surface area contributed by atoms with Gasteiger partial charge in [-0.25, -0.2) is 18.4 Å². The molecule has 1 atom stereocenters. The van der Waals surface area contributed by atoms with Crippen molar-refractivity contribution in [3.8, 4) is 0 Å². The number of hydrogen-bond donors (Lipinski definition) is 2. The molecule has 1 amide bonds. The van der Waals surface area contributed by atoms with Gasteiger partial charge in [-0.15, -0.1) is 0 Å². The van der Waals surface area contributed by atoms with Crippen LogP contribution >= 0.6 is 11.6 Å². The summed E-state index contributed by atoms with van der Waals surface area (Å²) in [5, 5.41) is 6.35. The van der Waals surface area contributed by atoms with E-state index in [-0.39, 0.29) is 29.2 Å². The van der Waals surface area contributed by atoms with E-state index in [4.69, 9.17) is 11.6 Å². The molecule has 1 aromatic heterocycles. The number of carbonyl (C=O) groups is 1. The van der Waals surface area contributed by atoms with Crippen LogP contribution in [0.1, 0.15) is 22.5 Å². The zero-order valence-electron chi connectivity index (χ0n) is 13.5. The smallest absolute Gasteiger partial charge is 0.270 e. The summed E-state index contributed by atoms with van der Waals surface area (Å²) in [6.07, 6.45) is 1.89. The monoisotopic (exact) mass is 380 g/mol. The van der Waals surface area contributed by atoms with E-state index in [1.807, 2.05) is 13.0 Å². The molecule has 1 saturated heterocycles. The Hall–Kier alpha value is -2.19. The summed E-state index contributed by atoms with van der Waals surface area (Å²) >= 11 is 6.09. The number of nitrogens with zero attached hydrogens (tertiary/aromatic N) is 2. The van der Waals surface area contributed by atoms with Crippen molar-refractivity contribution in [3.05, 3.63) is 46.7 Å². The summed E-state index contributed by atoms with van der Waals surface area (Å²) < 4.78 is 23.0. The Morgan fingerprint density at radius 1 is 1.32 bits per heavy atom. The summed E-state index contributed by atoms with van der Waals surface area (Å²) in [6, 6.07) is 6.52. The van der Waals surface area contributed by atoms with Crippen molar-refractivity contribution in [1.29, 1.82) is 0 Å². The highest BCUT2D eigenvalue weighted by molar-refractivity contribution is 7.91. The van der Waals surface area contributed by atoms with Gasteiger partial charge in [-0.2, -0.15) is 0 Å². The van der Waals surface area contributed by atoms with Crippen LogP contribution in [0, 0.1) is 6.92 Å². The Morgan fingerprint density at radius 2 is 2.12 bits per heavy atom. The minimum absolute atomic E-state index is 0.0311. The highest BCUT2D eigenvalue weighted by atomic mass is 35.5. The van der Waals surface area contributed by atoms with Crippen molar-refractivity contribution in [1.82, 2.24) is 15.3 Å². The second kappa shape index (κ2) is 6.97. The third kappa shape index (κ3) is 4.26. The molecule has 2 aromatic rings. The van der Waals surface area contributed by atoms with Gasteiger partial charge in [0, 0.05) is 22.9 Å². The summed E-state index contributed by atoms with van der Waals surface area (Å²) in [5.41, 5.74) is 1.76. The Bertz CT molecular complexity index is 917. The van der Waals surface area contributed by atoms with E-state index in [1.165, 1.54) is 12.3 Å². The van der Waals surface area contributed by atoms with Crippen LogP contribution in [0.25, 0.3) is 0 Å². The van der Waals surface area contributed by atoms with Crippen LogP contribution in [0.2, 0.25) is 5.02 Å². The summed E-state index contributed by atoms with van der Waals surface area (Å²) in [7, 11) is -3.05. The van der Waals surface area contributed by atoms with Gasteiger partial charge in [0.2, 0.25) is 5.95 Å². The maximum absolute atomic E-state index is 12.3. The van der Waals surface area contributed by atoms with Gasteiger partial charge in [0.25, 0.3) is 5.91 Å². The third-order valence-corrected chi connectivity index (χ3v) is 6.15. The molecule has 132 valence electrons. The molecule has 2 N–H and O–H groups in total. The molecule has 0 bridgehead atoms. The van der Waals surface area contributed by atoms with Crippen molar-refractivity contribution < 1.29 is 13.2 Å². The van der Waals surface area contributed by atoms with Gasteiger partial charge >= 0.3 is 0 Å². The summed E-state index contributed by atoms with van der Waals surface area (Å²) in [5.74, 6) is -0.0911. The number of rotatable bonds is 4. The largest absolute Gasteiger partial charge is 0.347 e. The maximum atomic E-state index is 12.3. The number of sulfone groups is 1. The molecule has 2 heterocycles. The lowest BCUT2D eigenvalue weighted by Crippen LogP contribution is -2.36. The van der Waals surface area contributed by atoms with Crippen LogP contribution in [-0.2, 0) is 9.84 Å². The quantitative estimate of drug-likeness (QED) is 0.842. The number of anilines is 2. The number of nitrogens with one attached hydrogen (secondary N) is 2. The van der Waals surface area contributed by atoms with E-state index in [0.29, 0.717) is 11.4 Å². The fraction of sp³-hybridized carbons (Fsp3) is 0.312. The average Bonchev–Trinajstić information content (AvgIpc) is 2.91. The third-order valence-electron chi connectivity index (χ3n) is 3.97. The Labute approximate surface area is 150 Å². The number of carbonyl (C=O) groups excluding carboxylic acids is 1. The number of hydrogen-bond acceptors (Lipinski definition) is 6. The van der Waals surface area contributed by atoms with Crippen molar-refractivity contribution in [2.24, 2.45) is 0 Å². The van der Waals surface area contributed by atoms with Crippen LogP contribution in [0.15, 0.2) is 30.5 Å².